The Hall–Kier alpha value is -1.33. The summed E-state index contributed by atoms with van der Waals surface area (Å²) in [7, 11) is 1.81. The molecule has 0 aliphatic heterocycles. The van der Waals surface area contributed by atoms with Gasteiger partial charge in [0.2, 0.25) is 5.22 Å². The van der Waals surface area contributed by atoms with Crippen molar-refractivity contribution in [2.75, 3.05) is 7.05 Å². The maximum atomic E-state index is 5.75. The number of halogens is 1. The Morgan fingerprint density at radius 2 is 2.43 bits per heavy atom. The van der Waals surface area contributed by atoms with E-state index in [2.05, 4.69) is 15.5 Å². The van der Waals surface area contributed by atoms with Crippen molar-refractivity contribution in [3.05, 3.63) is 23.4 Å². The molecule has 1 N–H and O–H groups in total. The van der Waals surface area contributed by atoms with Crippen LogP contribution in [0.3, 0.4) is 0 Å². The molecule has 0 aliphatic carbocycles. The highest BCUT2D eigenvalue weighted by Crippen LogP contribution is 2.26. The first-order valence-electron chi connectivity index (χ1n) is 4.02. The lowest BCUT2D eigenvalue weighted by atomic mass is 10.3. The molecule has 2 rings (SSSR count). The van der Waals surface area contributed by atoms with Gasteiger partial charge < -0.3 is 14.3 Å². The molecule has 0 bridgehead atoms. The van der Waals surface area contributed by atoms with Crippen LogP contribution >= 0.6 is 11.6 Å². The van der Waals surface area contributed by atoms with Crippen molar-refractivity contribution in [3.63, 3.8) is 0 Å². The second-order valence-electron chi connectivity index (χ2n) is 2.65. The highest BCUT2D eigenvalue weighted by Gasteiger charge is 2.13. The van der Waals surface area contributed by atoms with E-state index in [1.807, 2.05) is 0 Å². The van der Waals surface area contributed by atoms with E-state index in [1.54, 1.807) is 13.1 Å². The van der Waals surface area contributed by atoms with Crippen LogP contribution in [0.4, 0.5) is 0 Å². The zero-order valence-corrected chi connectivity index (χ0v) is 8.21. The van der Waals surface area contributed by atoms with Crippen molar-refractivity contribution in [2.24, 2.45) is 0 Å². The maximum absolute atomic E-state index is 5.75. The average Bonchev–Trinajstić information content (AvgIpc) is 2.74. The van der Waals surface area contributed by atoms with Gasteiger partial charge in [-0.1, -0.05) is 5.16 Å². The highest BCUT2D eigenvalue weighted by molar-refractivity contribution is 6.31. The quantitative estimate of drug-likeness (QED) is 0.841. The number of nitrogens with zero attached hydrogens (tertiary/aromatic N) is 2. The second kappa shape index (κ2) is 3.81. The van der Waals surface area contributed by atoms with Gasteiger partial charge in [0.15, 0.2) is 5.82 Å². The average molecular weight is 214 g/mol. The normalized spacial score (nSPS) is 10.7. The lowest BCUT2D eigenvalue weighted by Gasteiger charge is -1.87. The minimum Gasteiger partial charge on any atom is -0.452 e. The molecular weight excluding hydrogens is 206 g/mol. The smallest absolute Gasteiger partial charge is 0.262 e. The zero-order chi connectivity index (χ0) is 9.97. The molecule has 0 unspecified atom stereocenters. The molecule has 0 saturated heterocycles. The predicted octanol–water partition coefficient (Wildman–Crippen LogP) is 1.70. The number of aromatic nitrogens is 2. The third-order valence-electron chi connectivity index (χ3n) is 1.65. The molecule has 6 heteroatoms. The SMILES string of the molecule is CNCc1noc(-c2ccoc2Cl)n1. The van der Waals surface area contributed by atoms with Crippen LogP contribution in [0.25, 0.3) is 11.5 Å². The van der Waals surface area contributed by atoms with Crippen LogP contribution in [0, 0.1) is 0 Å². The van der Waals surface area contributed by atoms with Crippen molar-refractivity contribution >= 4 is 11.6 Å². The summed E-state index contributed by atoms with van der Waals surface area (Å²) in [6.07, 6.45) is 1.47. The van der Waals surface area contributed by atoms with Gasteiger partial charge >= 0.3 is 0 Å². The number of hydrogen-bond donors (Lipinski definition) is 1. The molecule has 0 radical (unpaired) electrons. The Balaban J connectivity index is 2.29. The lowest BCUT2D eigenvalue weighted by molar-refractivity contribution is 0.420. The zero-order valence-electron chi connectivity index (χ0n) is 7.45. The summed E-state index contributed by atoms with van der Waals surface area (Å²) in [5.74, 6) is 0.953. The molecule has 0 atom stereocenters. The molecule has 5 nitrogen and oxygen atoms in total. The second-order valence-corrected chi connectivity index (χ2v) is 3.00. The Kier molecular flexibility index (Phi) is 2.51. The van der Waals surface area contributed by atoms with E-state index < -0.39 is 0 Å². The fourth-order valence-electron chi connectivity index (χ4n) is 1.04. The van der Waals surface area contributed by atoms with Crippen LogP contribution in [-0.4, -0.2) is 17.2 Å². The van der Waals surface area contributed by atoms with Crippen LogP contribution in [0.2, 0.25) is 5.22 Å². The van der Waals surface area contributed by atoms with Crippen LogP contribution in [-0.2, 0) is 6.54 Å². The highest BCUT2D eigenvalue weighted by atomic mass is 35.5. The molecule has 2 aromatic rings. The molecule has 14 heavy (non-hydrogen) atoms. The topological polar surface area (TPSA) is 64.1 Å². The third-order valence-corrected chi connectivity index (χ3v) is 1.94. The minimum absolute atomic E-state index is 0.254. The van der Waals surface area contributed by atoms with Gasteiger partial charge in [0.1, 0.15) is 0 Å². The van der Waals surface area contributed by atoms with Crippen molar-refractivity contribution in [1.82, 2.24) is 15.5 Å². The van der Waals surface area contributed by atoms with E-state index in [0.29, 0.717) is 23.8 Å². The van der Waals surface area contributed by atoms with Gasteiger partial charge in [-0.15, -0.1) is 0 Å². The fraction of sp³-hybridized carbons (Fsp3) is 0.250. The van der Waals surface area contributed by atoms with Gasteiger partial charge in [-0.2, -0.15) is 4.98 Å². The number of nitrogens with one attached hydrogen (secondary N) is 1. The summed E-state index contributed by atoms with van der Waals surface area (Å²) in [5.41, 5.74) is 0.613. The van der Waals surface area contributed by atoms with Crippen molar-refractivity contribution < 1.29 is 8.94 Å². The fourth-order valence-corrected chi connectivity index (χ4v) is 1.23. The van der Waals surface area contributed by atoms with E-state index in [-0.39, 0.29) is 5.22 Å². The van der Waals surface area contributed by atoms with E-state index in [4.69, 9.17) is 20.5 Å². The number of furan rings is 1. The molecule has 2 aromatic heterocycles. The Bertz CT molecular complexity index is 424. The van der Waals surface area contributed by atoms with Gasteiger partial charge in [-0.25, -0.2) is 0 Å². The van der Waals surface area contributed by atoms with Gasteiger partial charge in [0, 0.05) is 0 Å². The summed E-state index contributed by atoms with van der Waals surface area (Å²) in [6.45, 7) is 0.555. The molecule has 0 fully saturated rings. The molecule has 0 aliphatic rings. The minimum atomic E-state index is 0.254. The van der Waals surface area contributed by atoms with Crippen molar-refractivity contribution in [3.8, 4) is 11.5 Å². The van der Waals surface area contributed by atoms with Crippen LogP contribution in [0.15, 0.2) is 21.3 Å². The summed E-state index contributed by atoms with van der Waals surface area (Å²) in [4.78, 5) is 4.12. The van der Waals surface area contributed by atoms with Gasteiger partial charge in [-0.05, 0) is 24.7 Å². The molecule has 0 saturated carbocycles. The van der Waals surface area contributed by atoms with E-state index in [0.717, 1.165) is 0 Å². The first-order chi connectivity index (χ1) is 6.81. The van der Waals surface area contributed by atoms with E-state index >= 15 is 0 Å². The van der Waals surface area contributed by atoms with Crippen molar-refractivity contribution in [2.45, 2.75) is 6.54 Å². The summed E-state index contributed by atoms with van der Waals surface area (Å²) in [6, 6.07) is 1.68. The molecule has 74 valence electrons. The Labute approximate surface area is 85.1 Å². The van der Waals surface area contributed by atoms with Gasteiger partial charge in [-0.3, -0.25) is 0 Å². The van der Waals surface area contributed by atoms with E-state index in [9.17, 15) is 0 Å². The number of hydrogen-bond acceptors (Lipinski definition) is 5. The third kappa shape index (κ3) is 1.64. The van der Waals surface area contributed by atoms with E-state index in [1.165, 1.54) is 6.26 Å². The lowest BCUT2D eigenvalue weighted by Crippen LogP contribution is -2.06. The molecule has 2 heterocycles. The standard InChI is InChI=1S/C8H8ClN3O2/c1-10-4-6-11-8(14-12-6)5-2-3-13-7(5)9/h2-3,10H,4H2,1H3. The van der Waals surface area contributed by atoms with Crippen LogP contribution < -0.4 is 5.32 Å². The molecule has 0 aromatic carbocycles. The number of rotatable bonds is 3. The van der Waals surface area contributed by atoms with Crippen LogP contribution in [0.1, 0.15) is 5.82 Å². The summed E-state index contributed by atoms with van der Waals surface area (Å²) < 4.78 is 9.91. The first-order valence-corrected chi connectivity index (χ1v) is 4.39. The molecule has 0 spiro atoms. The first kappa shape index (κ1) is 9.23. The monoisotopic (exact) mass is 213 g/mol. The maximum Gasteiger partial charge on any atom is 0.262 e. The summed E-state index contributed by atoms with van der Waals surface area (Å²) >= 11 is 5.75. The van der Waals surface area contributed by atoms with Gasteiger partial charge in [0.25, 0.3) is 5.89 Å². The largest absolute Gasteiger partial charge is 0.452 e. The molecule has 0 amide bonds. The van der Waals surface area contributed by atoms with Crippen molar-refractivity contribution in [1.29, 1.82) is 0 Å². The Morgan fingerprint density at radius 1 is 1.57 bits per heavy atom. The van der Waals surface area contributed by atoms with Gasteiger partial charge in [0.05, 0.1) is 18.4 Å². The predicted molar refractivity (Wildman–Crippen MR) is 49.8 cm³/mol. The molecular formula is C8H8ClN3O2. The van der Waals surface area contributed by atoms with Crippen LogP contribution in [0.5, 0.6) is 0 Å². The summed E-state index contributed by atoms with van der Waals surface area (Å²) in [5, 5.41) is 6.92. The Morgan fingerprint density at radius 3 is 3.07 bits per heavy atom.